The van der Waals surface area contributed by atoms with Crippen molar-refractivity contribution in [3.8, 4) is 5.75 Å². The van der Waals surface area contributed by atoms with E-state index in [2.05, 4.69) is 36.6 Å². The third kappa shape index (κ3) is 3.37. The molecule has 1 aromatic carbocycles. The van der Waals surface area contributed by atoms with Crippen LogP contribution in [0.3, 0.4) is 0 Å². The lowest BCUT2D eigenvalue weighted by Crippen LogP contribution is -2.14. The van der Waals surface area contributed by atoms with Crippen molar-refractivity contribution in [2.45, 2.75) is 11.5 Å². The van der Waals surface area contributed by atoms with Crippen molar-refractivity contribution < 1.29 is 21.9 Å². The van der Waals surface area contributed by atoms with Gasteiger partial charge in [-0.15, -0.1) is 0 Å². The summed E-state index contributed by atoms with van der Waals surface area (Å²) in [6.07, 6.45) is 0. The minimum Gasteiger partial charge on any atom is -0.435 e. The summed E-state index contributed by atoms with van der Waals surface area (Å²) in [7, 11) is -3.95. The van der Waals surface area contributed by atoms with Crippen molar-refractivity contribution in [3.63, 3.8) is 0 Å². The largest absolute Gasteiger partial charge is 0.435 e. The summed E-state index contributed by atoms with van der Waals surface area (Å²) in [6, 6.07) is 2.19. The fourth-order valence-electron chi connectivity index (χ4n) is 0.979. The summed E-state index contributed by atoms with van der Waals surface area (Å²) in [4.78, 5) is -0.228. The summed E-state index contributed by atoms with van der Waals surface area (Å²) in [5.74, 6) is -0.179. The van der Waals surface area contributed by atoms with E-state index in [-0.39, 0.29) is 19.6 Å². The highest BCUT2D eigenvalue weighted by molar-refractivity contribution is 9.11. The Kier molecular flexibility index (Phi) is 4.27. The van der Waals surface area contributed by atoms with Crippen LogP contribution in [0.25, 0.3) is 0 Å². The zero-order chi connectivity index (χ0) is 12.5. The second-order valence-electron chi connectivity index (χ2n) is 2.64. The molecule has 0 spiro atoms. The molecule has 90 valence electrons. The SMILES string of the molecule is NS(=O)(=O)c1c(Br)cc(OC(F)F)cc1Br. The number of ether oxygens (including phenoxy) is 1. The molecule has 0 bridgehead atoms. The highest BCUT2D eigenvalue weighted by atomic mass is 79.9. The molecule has 2 N–H and O–H groups in total. The highest BCUT2D eigenvalue weighted by Gasteiger charge is 2.19. The summed E-state index contributed by atoms with van der Waals surface area (Å²) >= 11 is 5.82. The van der Waals surface area contributed by atoms with E-state index in [1.165, 1.54) is 0 Å². The fraction of sp³-hybridized carbons (Fsp3) is 0.143. The van der Waals surface area contributed by atoms with Crippen LogP contribution >= 0.6 is 31.9 Å². The predicted octanol–water partition coefficient (Wildman–Crippen LogP) is 2.46. The number of alkyl halides is 2. The number of hydrogen-bond acceptors (Lipinski definition) is 3. The molecule has 0 radical (unpaired) electrons. The van der Waals surface area contributed by atoms with Crippen LogP contribution in [0.1, 0.15) is 0 Å². The smallest absolute Gasteiger partial charge is 0.387 e. The van der Waals surface area contributed by atoms with Gasteiger partial charge in [0, 0.05) is 8.95 Å². The lowest BCUT2D eigenvalue weighted by Gasteiger charge is -2.09. The molecule has 0 amide bonds. The van der Waals surface area contributed by atoms with Crippen molar-refractivity contribution >= 4 is 41.9 Å². The monoisotopic (exact) mass is 379 g/mol. The molecular formula is C7H5Br2F2NO3S. The zero-order valence-corrected chi connectivity index (χ0v) is 11.4. The molecule has 0 saturated carbocycles. The first-order valence-electron chi connectivity index (χ1n) is 3.68. The second kappa shape index (κ2) is 4.94. The van der Waals surface area contributed by atoms with Gasteiger partial charge in [-0.3, -0.25) is 0 Å². The molecule has 1 aromatic rings. The first-order valence-corrected chi connectivity index (χ1v) is 6.81. The molecular weight excluding hydrogens is 376 g/mol. The predicted molar refractivity (Wildman–Crippen MR) is 59.8 cm³/mol. The van der Waals surface area contributed by atoms with Crippen LogP contribution in [-0.2, 0) is 10.0 Å². The van der Waals surface area contributed by atoms with Crippen LogP contribution < -0.4 is 9.88 Å². The molecule has 16 heavy (non-hydrogen) atoms. The first kappa shape index (κ1) is 13.8. The Labute approximate surface area is 107 Å². The van der Waals surface area contributed by atoms with E-state index in [0.717, 1.165) is 12.1 Å². The van der Waals surface area contributed by atoms with Gasteiger partial charge in [-0.2, -0.15) is 8.78 Å². The first-order chi connectivity index (χ1) is 7.21. The number of rotatable bonds is 3. The third-order valence-electron chi connectivity index (χ3n) is 1.48. The van der Waals surface area contributed by atoms with Crippen LogP contribution in [0.5, 0.6) is 5.75 Å². The molecule has 0 atom stereocenters. The number of benzene rings is 1. The average Bonchev–Trinajstić information content (AvgIpc) is 1.96. The molecule has 0 aliphatic heterocycles. The van der Waals surface area contributed by atoms with Crippen LogP contribution in [0.4, 0.5) is 8.78 Å². The Morgan fingerprint density at radius 1 is 1.25 bits per heavy atom. The average molecular weight is 381 g/mol. The van der Waals surface area contributed by atoms with E-state index >= 15 is 0 Å². The number of sulfonamides is 1. The Bertz CT molecular complexity index is 483. The van der Waals surface area contributed by atoms with E-state index in [1.807, 2.05) is 0 Å². The maximum atomic E-state index is 11.9. The van der Waals surface area contributed by atoms with E-state index in [0.29, 0.717) is 0 Å². The minimum atomic E-state index is -3.95. The quantitative estimate of drug-likeness (QED) is 0.875. The van der Waals surface area contributed by atoms with Crippen LogP contribution in [0.2, 0.25) is 0 Å². The maximum absolute atomic E-state index is 11.9. The molecule has 0 aliphatic rings. The molecule has 0 unspecified atom stereocenters. The van der Waals surface area contributed by atoms with Gasteiger partial charge in [-0.05, 0) is 44.0 Å². The Balaban J connectivity index is 3.29. The van der Waals surface area contributed by atoms with E-state index < -0.39 is 16.6 Å². The van der Waals surface area contributed by atoms with Gasteiger partial charge in [-0.25, -0.2) is 13.6 Å². The number of primary sulfonamides is 1. The topological polar surface area (TPSA) is 69.4 Å². The van der Waals surface area contributed by atoms with Crippen molar-refractivity contribution in [3.05, 3.63) is 21.1 Å². The van der Waals surface area contributed by atoms with Gasteiger partial charge in [-0.1, -0.05) is 0 Å². The lowest BCUT2D eigenvalue weighted by atomic mass is 10.3. The summed E-state index contributed by atoms with van der Waals surface area (Å²) in [6.45, 7) is -2.99. The third-order valence-corrected chi connectivity index (χ3v) is 4.27. The van der Waals surface area contributed by atoms with Gasteiger partial charge in [0.25, 0.3) is 0 Å². The van der Waals surface area contributed by atoms with Gasteiger partial charge in [0.15, 0.2) is 0 Å². The summed E-state index contributed by atoms with van der Waals surface area (Å²) < 4.78 is 50.3. The lowest BCUT2D eigenvalue weighted by molar-refractivity contribution is -0.0499. The van der Waals surface area contributed by atoms with E-state index in [4.69, 9.17) is 5.14 Å². The highest BCUT2D eigenvalue weighted by Crippen LogP contribution is 2.34. The van der Waals surface area contributed by atoms with Crippen molar-refractivity contribution in [1.29, 1.82) is 0 Å². The van der Waals surface area contributed by atoms with Crippen LogP contribution in [0, 0.1) is 0 Å². The van der Waals surface area contributed by atoms with E-state index in [1.54, 1.807) is 0 Å². The van der Waals surface area contributed by atoms with Crippen molar-refractivity contribution in [1.82, 2.24) is 0 Å². The van der Waals surface area contributed by atoms with Gasteiger partial charge >= 0.3 is 6.61 Å². The molecule has 0 aromatic heterocycles. The molecule has 0 fully saturated rings. The van der Waals surface area contributed by atoms with Crippen molar-refractivity contribution in [2.75, 3.05) is 0 Å². The minimum absolute atomic E-state index is 0.0417. The number of hydrogen-bond donors (Lipinski definition) is 1. The molecule has 4 nitrogen and oxygen atoms in total. The summed E-state index contributed by atoms with van der Waals surface area (Å²) in [5, 5.41) is 4.93. The molecule has 0 aliphatic carbocycles. The standard InChI is InChI=1S/C7H5Br2F2NO3S/c8-4-1-3(15-7(10)11)2-5(9)6(4)16(12,13)14/h1-2,7H,(H2,12,13,14). The van der Waals surface area contributed by atoms with Gasteiger partial charge in [0.05, 0.1) is 0 Å². The number of halogens is 4. The molecule has 0 saturated heterocycles. The van der Waals surface area contributed by atoms with Gasteiger partial charge in [0.2, 0.25) is 10.0 Å². The van der Waals surface area contributed by atoms with Gasteiger partial charge in [0.1, 0.15) is 10.6 Å². The van der Waals surface area contributed by atoms with Crippen LogP contribution in [-0.4, -0.2) is 15.0 Å². The summed E-state index contributed by atoms with van der Waals surface area (Å²) in [5.41, 5.74) is 0. The second-order valence-corrected chi connectivity index (χ2v) is 5.85. The van der Waals surface area contributed by atoms with Crippen molar-refractivity contribution in [2.24, 2.45) is 5.14 Å². The Morgan fingerprint density at radius 3 is 2.00 bits per heavy atom. The maximum Gasteiger partial charge on any atom is 0.387 e. The zero-order valence-electron chi connectivity index (χ0n) is 7.45. The fourth-order valence-corrected chi connectivity index (χ4v) is 4.14. The molecule has 1 rings (SSSR count). The van der Waals surface area contributed by atoms with Crippen LogP contribution in [0.15, 0.2) is 26.0 Å². The molecule has 0 heterocycles. The van der Waals surface area contributed by atoms with E-state index in [9.17, 15) is 17.2 Å². The Morgan fingerprint density at radius 2 is 1.69 bits per heavy atom. The number of nitrogens with two attached hydrogens (primary N) is 1. The normalized spacial score (nSPS) is 11.9. The molecule has 9 heteroatoms. The Hall–Kier alpha value is -0.250. The van der Waals surface area contributed by atoms with Gasteiger partial charge < -0.3 is 4.74 Å².